The van der Waals surface area contributed by atoms with Crippen LogP contribution in [0.25, 0.3) is 5.69 Å². The number of halogens is 1. The topological polar surface area (TPSA) is 68.6 Å². The van der Waals surface area contributed by atoms with Crippen LogP contribution in [0.4, 0.5) is 9.18 Å². The predicted molar refractivity (Wildman–Crippen MR) is 132 cm³/mol. The van der Waals surface area contributed by atoms with Crippen molar-refractivity contribution >= 4 is 6.03 Å². The number of carbonyl (C=O) groups excluding carboxylic acids is 1. The number of para-hydroxylation sites is 1. The van der Waals surface area contributed by atoms with Crippen molar-refractivity contribution in [2.24, 2.45) is 0 Å². The molecule has 1 atom stereocenters. The van der Waals surface area contributed by atoms with Crippen LogP contribution in [0.1, 0.15) is 44.9 Å². The third-order valence-electron chi connectivity index (χ3n) is 5.88. The molecule has 1 fully saturated rings. The van der Waals surface area contributed by atoms with E-state index in [1.165, 1.54) is 12.1 Å². The zero-order chi connectivity index (χ0) is 24.8. The van der Waals surface area contributed by atoms with Gasteiger partial charge in [-0.3, -0.25) is 0 Å². The Hall–Kier alpha value is -3.39. The highest BCUT2D eigenvalue weighted by Gasteiger charge is 2.28. The predicted octanol–water partition coefficient (Wildman–Crippen LogP) is 5.47. The minimum absolute atomic E-state index is 0.00196. The number of urea groups is 1. The fraction of sp³-hybridized carbons (Fsp3) is 0.407. The fourth-order valence-electron chi connectivity index (χ4n) is 4.17. The largest absolute Gasteiger partial charge is 0.439 e. The molecule has 0 bridgehead atoms. The normalized spacial score (nSPS) is 15.4. The molecule has 1 aliphatic rings. The van der Waals surface area contributed by atoms with Crippen molar-refractivity contribution in [3.63, 3.8) is 0 Å². The van der Waals surface area contributed by atoms with Crippen LogP contribution in [0.3, 0.4) is 0 Å². The minimum Gasteiger partial charge on any atom is -0.439 e. The van der Waals surface area contributed by atoms with E-state index < -0.39 is 0 Å². The van der Waals surface area contributed by atoms with Crippen LogP contribution < -0.4 is 10.1 Å². The van der Waals surface area contributed by atoms with Gasteiger partial charge in [0.15, 0.2) is 0 Å². The molecule has 4 rings (SSSR count). The molecule has 35 heavy (non-hydrogen) atoms. The summed E-state index contributed by atoms with van der Waals surface area (Å²) in [4.78, 5) is 15.0. The first-order valence-corrected chi connectivity index (χ1v) is 12.2. The van der Waals surface area contributed by atoms with E-state index in [1.54, 1.807) is 21.7 Å². The molecule has 1 aliphatic heterocycles. The number of nitrogens with one attached hydrogen (secondary N) is 1. The number of hydrogen-bond acceptors (Lipinski definition) is 4. The van der Waals surface area contributed by atoms with E-state index in [9.17, 15) is 9.18 Å². The summed E-state index contributed by atoms with van der Waals surface area (Å²) in [7, 11) is 0. The summed E-state index contributed by atoms with van der Waals surface area (Å²) in [5, 5.41) is 7.86. The molecule has 2 amide bonds. The van der Waals surface area contributed by atoms with E-state index in [2.05, 4.69) is 5.32 Å². The molecule has 1 saturated heterocycles. The second-order valence-corrected chi connectivity index (χ2v) is 9.01. The van der Waals surface area contributed by atoms with Crippen molar-refractivity contribution in [2.75, 3.05) is 13.2 Å². The van der Waals surface area contributed by atoms with Crippen LogP contribution in [0, 0.1) is 5.82 Å². The number of carbonyl (C=O) groups is 1. The van der Waals surface area contributed by atoms with Gasteiger partial charge in [0, 0.05) is 19.2 Å². The monoisotopic (exact) mass is 480 g/mol. The van der Waals surface area contributed by atoms with Crippen LogP contribution in [-0.4, -0.2) is 46.0 Å². The molecule has 186 valence electrons. The second-order valence-electron chi connectivity index (χ2n) is 9.01. The summed E-state index contributed by atoms with van der Waals surface area (Å²) < 4.78 is 27.4. The van der Waals surface area contributed by atoms with Crippen molar-refractivity contribution in [3.05, 3.63) is 71.7 Å². The number of amides is 2. The Kier molecular flexibility index (Phi) is 8.02. The van der Waals surface area contributed by atoms with E-state index in [4.69, 9.17) is 14.6 Å². The van der Waals surface area contributed by atoms with Gasteiger partial charge in [0.05, 0.1) is 29.6 Å². The summed E-state index contributed by atoms with van der Waals surface area (Å²) >= 11 is 0. The van der Waals surface area contributed by atoms with Gasteiger partial charge in [0.25, 0.3) is 0 Å². The zero-order valence-electron chi connectivity index (χ0n) is 20.5. The summed E-state index contributed by atoms with van der Waals surface area (Å²) in [6, 6.07) is 15.4. The molecule has 2 aromatic carbocycles. The molecule has 2 heterocycles. The van der Waals surface area contributed by atoms with E-state index >= 15 is 0 Å². The van der Waals surface area contributed by atoms with Crippen molar-refractivity contribution in [2.45, 2.75) is 58.7 Å². The first kappa shape index (κ1) is 24.7. The fourth-order valence-corrected chi connectivity index (χ4v) is 4.17. The van der Waals surface area contributed by atoms with Gasteiger partial charge in [0.1, 0.15) is 11.6 Å². The van der Waals surface area contributed by atoms with Gasteiger partial charge in [0.2, 0.25) is 5.88 Å². The first-order valence-electron chi connectivity index (χ1n) is 12.2. The number of ether oxygens (including phenoxy) is 2. The Morgan fingerprint density at radius 2 is 1.97 bits per heavy atom. The van der Waals surface area contributed by atoms with Crippen LogP contribution in [-0.2, 0) is 17.7 Å². The Morgan fingerprint density at radius 3 is 2.60 bits per heavy atom. The Balaban J connectivity index is 1.74. The van der Waals surface area contributed by atoms with E-state index in [0.29, 0.717) is 31.1 Å². The maximum atomic E-state index is 13.5. The lowest BCUT2D eigenvalue weighted by Crippen LogP contribution is -2.45. The SMILES string of the molecule is CCc1nn(-c2ccccc2)c(Oc2ccc(F)cc2)c1CN(CC1CCCO1)C(=O)NC(C)C. The highest BCUT2D eigenvalue weighted by atomic mass is 19.1. The molecule has 7 nitrogen and oxygen atoms in total. The number of rotatable bonds is 9. The lowest BCUT2D eigenvalue weighted by Gasteiger charge is -2.27. The highest BCUT2D eigenvalue weighted by Crippen LogP contribution is 2.32. The molecular weight excluding hydrogens is 447 g/mol. The standard InChI is InChI=1S/C27H33FN4O3/c1-4-25-24(18-31(27(33)29-19(2)3)17-23-11-8-16-34-23)26(35-22-14-12-20(28)13-15-22)32(30-25)21-9-6-5-7-10-21/h5-7,9-10,12-15,19,23H,4,8,11,16-18H2,1-3H3,(H,29,33). The summed E-state index contributed by atoms with van der Waals surface area (Å²) in [5.74, 6) is 0.663. The van der Waals surface area contributed by atoms with Crippen molar-refractivity contribution in [3.8, 4) is 17.3 Å². The molecule has 1 unspecified atom stereocenters. The maximum Gasteiger partial charge on any atom is 0.317 e. The van der Waals surface area contributed by atoms with Crippen LogP contribution >= 0.6 is 0 Å². The summed E-state index contributed by atoms with van der Waals surface area (Å²) in [5.41, 5.74) is 2.49. The van der Waals surface area contributed by atoms with Crippen molar-refractivity contribution < 1.29 is 18.7 Å². The van der Waals surface area contributed by atoms with Gasteiger partial charge in [-0.15, -0.1) is 0 Å². The van der Waals surface area contributed by atoms with Gasteiger partial charge in [-0.05, 0) is 69.5 Å². The van der Waals surface area contributed by atoms with Gasteiger partial charge < -0.3 is 19.7 Å². The quantitative estimate of drug-likeness (QED) is 0.441. The van der Waals surface area contributed by atoms with Crippen molar-refractivity contribution in [1.29, 1.82) is 0 Å². The van der Waals surface area contributed by atoms with Gasteiger partial charge in [-0.25, -0.2) is 13.9 Å². The lowest BCUT2D eigenvalue weighted by atomic mass is 10.1. The summed E-state index contributed by atoms with van der Waals surface area (Å²) in [6.07, 6.45) is 2.58. The number of benzene rings is 2. The second kappa shape index (κ2) is 11.4. The van der Waals surface area contributed by atoms with E-state index in [-0.39, 0.29) is 24.0 Å². The molecule has 1 aromatic heterocycles. The average molecular weight is 481 g/mol. The Morgan fingerprint density at radius 1 is 1.23 bits per heavy atom. The lowest BCUT2D eigenvalue weighted by molar-refractivity contribution is 0.0788. The Bertz CT molecular complexity index is 1110. The highest BCUT2D eigenvalue weighted by molar-refractivity contribution is 5.74. The molecule has 8 heteroatoms. The third-order valence-corrected chi connectivity index (χ3v) is 5.88. The number of nitrogens with zero attached hydrogens (tertiary/aromatic N) is 3. The van der Waals surface area contributed by atoms with E-state index in [0.717, 1.165) is 36.4 Å². The van der Waals surface area contributed by atoms with Gasteiger partial charge in [-0.2, -0.15) is 5.10 Å². The van der Waals surface area contributed by atoms with Gasteiger partial charge >= 0.3 is 6.03 Å². The first-order chi connectivity index (χ1) is 16.9. The molecular formula is C27H33FN4O3. The van der Waals surface area contributed by atoms with Crippen molar-refractivity contribution in [1.82, 2.24) is 20.0 Å². The smallest absolute Gasteiger partial charge is 0.317 e. The zero-order valence-corrected chi connectivity index (χ0v) is 20.5. The maximum absolute atomic E-state index is 13.5. The minimum atomic E-state index is -0.337. The number of hydrogen-bond donors (Lipinski definition) is 1. The Labute approximate surface area is 205 Å². The third kappa shape index (κ3) is 6.19. The number of aryl methyl sites for hydroxylation is 1. The molecule has 1 N–H and O–H groups in total. The summed E-state index contributed by atoms with van der Waals surface area (Å²) in [6.45, 7) is 7.42. The molecule has 0 radical (unpaired) electrons. The molecule has 0 aliphatic carbocycles. The number of aromatic nitrogens is 2. The average Bonchev–Trinajstić information content (AvgIpc) is 3.48. The van der Waals surface area contributed by atoms with Gasteiger partial charge in [-0.1, -0.05) is 25.1 Å². The van der Waals surface area contributed by atoms with Crippen LogP contribution in [0.15, 0.2) is 54.6 Å². The molecule has 0 saturated carbocycles. The molecule has 0 spiro atoms. The van der Waals surface area contributed by atoms with Crippen LogP contribution in [0.5, 0.6) is 11.6 Å². The van der Waals surface area contributed by atoms with Crippen LogP contribution in [0.2, 0.25) is 0 Å². The molecule has 3 aromatic rings. The van der Waals surface area contributed by atoms with E-state index in [1.807, 2.05) is 51.1 Å².